The smallest absolute Gasteiger partial charge is 0.344 e. The molecule has 0 spiro atoms. The number of aromatic nitrogens is 2. The Labute approximate surface area is 200 Å². The molecule has 1 N–H and O–H groups in total. The van der Waals surface area contributed by atoms with Crippen molar-refractivity contribution in [3.05, 3.63) is 68.4 Å². The fourth-order valence-corrected chi connectivity index (χ4v) is 3.47. The molecule has 168 valence electrons. The highest BCUT2D eigenvalue weighted by Gasteiger charge is 2.17. The van der Waals surface area contributed by atoms with Crippen LogP contribution in [0.15, 0.2) is 36.4 Å². The molecular formula is C22H20Cl3N3O4. The lowest BCUT2D eigenvalue weighted by Gasteiger charge is -2.10. The largest absolute Gasteiger partial charge is 0.480 e. The molecule has 0 saturated carbocycles. The van der Waals surface area contributed by atoms with Gasteiger partial charge in [-0.05, 0) is 39.0 Å². The summed E-state index contributed by atoms with van der Waals surface area (Å²) in [5.74, 6) is -1.07. The quantitative estimate of drug-likeness (QED) is 0.354. The fraction of sp³-hybridized carbons (Fsp3) is 0.227. The summed E-state index contributed by atoms with van der Waals surface area (Å²) < 4.78 is 12.0. The number of anilines is 1. The first-order chi connectivity index (χ1) is 15.2. The first-order valence-electron chi connectivity index (χ1n) is 9.51. The van der Waals surface area contributed by atoms with Gasteiger partial charge in [0, 0.05) is 6.07 Å². The van der Waals surface area contributed by atoms with Crippen LogP contribution in [0.25, 0.3) is 5.69 Å². The van der Waals surface area contributed by atoms with Crippen molar-refractivity contribution in [3.8, 4) is 11.4 Å². The topological polar surface area (TPSA) is 82.5 Å². The second-order valence-corrected chi connectivity index (χ2v) is 8.21. The van der Waals surface area contributed by atoms with Crippen molar-refractivity contribution in [2.75, 3.05) is 18.5 Å². The van der Waals surface area contributed by atoms with Gasteiger partial charge in [-0.3, -0.25) is 4.79 Å². The van der Waals surface area contributed by atoms with E-state index in [-0.39, 0.29) is 20.8 Å². The van der Waals surface area contributed by atoms with Gasteiger partial charge in [0.15, 0.2) is 13.2 Å². The number of esters is 1. The minimum atomic E-state index is -0.744. The molecule has 7 nitrogen and oxygen atoms in total. The lowest BCUT2D eigenvalue weighted by Crippen LogP contribution is -2.24. The first-order valence-corrected chi connectivity index (χ1v) is 10.6. The summed E-state index contributed by atoms with van der Waals surface area (Å²) in [6, 6.07) is 10.7. The van der Waals surface area contributed by atoms with Gasteiger partial charge in [-0.2, -0.15) is 5.10 Å². The number of carbonyl (C=O) groups is 2. The Morgan fingerprint density at radius 1 is 0.969 bits per heavy atom. The number of carbonyl (C=O) groups excluding carboxylic acids is 2. The third-order valence-electron chi connectivity index (χ3n) is 4.52. The molecule has 2 aromatic carbocycles. The first kappa shape index (κ1) is 23.9. The SMILES string of the molecule is Cc1ccc(-n2nc(C)c(NC(=O)COC(=O)COc3cc(Cl)c(Cl)cc3Cl)c2C)cc1. The van der Waals surface area contributed by atoms with E-state index in [4.69, 9.17) is 44.3 Å². The van der Waals surface area contributed by atoms with Crippen LogP contribution in [-0.2, 0) is 14.3 Å². The highest BCUT2D eigenvalue weighted by molar-refractivity contribution is 6.43. The molecule has 0 bridgehead atoms. The fourth-order valence-electron chi connectivity index (χ4n) is 2.88. The summed E-state index contributed by atoms with van der Waals surface area (Å²) in [6.45, 7) is 4.70. The Morgan fingerprint density at radius 3 is 2.31 bits per heavy atom. The zero-order valence-corrected chi connectivity index (χ0v) is 19.8. The molecule has 0 fully saturated rings. The van der Waals surface area contributed by atoms with E-state index in [0.29, 0.717) is 11.4 Å². The number of nitrogens with one attached hydrogen (secondary N) is 1. The molecular weight excluding hydrogens is 477 g/mol. The van der Waals surface area contributed by atoms with Gasteiger partial charge >= 0.3 is 5.97 Å². The lowest BCUT2D eigenvalue weighted by atomic mass is 10.2. The molecule has 3 rings (SSSR count). The minimum absolute atomic E-state index is 0.178. The van der Waals surface area contributed by atoms with E-state index in [0.717, 1.165) is 16.9 Å². The van der Waals surface area contributed by atoms with Gasteiger partial charge in [0.2, 0.25) is 0 Å². The second kappa shape index (κ2) is 10.3. The summed E-state index contributed by atoms with van der Waals surface area (Å²) in [5.41, 5.74) is 3.96. The van der Waals surface area contributed by atoms with Crippen LogP contribution in [0.3, 0.4) is 0 Å². The van der Waals surface area contributed by atoms with E-state index < -0.39 is 25.1 Å². The number of hydrogen-bond acceptors (Lipinski definition) is 5. The molecule has 10 heteroatoms. The van der Waals surface area contributed by atoms with Crippen molar-refractivity contribution in [3.63, 3.8) is 0 Å². The number of aryl methyl sites for hydroxylation is 2. The molecule has 0 aliphatic rings. The van der Waals surface area contributed by atoms with E-state index in [1.54, 1.807) is 11.6 Å². The molecule has 0 atom stereocenters. The van der Waals surface area contributed by atoms with Crippen LogP contribution < -0.4 is 10.1 Å². The number of halogens is 3. The lowest BCUT2D eigenvalue weighted by molar-refractivity contribution is -0.149. The van der Waals surface area contributed by atoms with Gasteiger partial charge in [0.05, 0.1) is 37.8 Å². The average molecular weight is 497 g/mol. The molecule has 0 unspecified atom stereocenters. The third kappa shape index (κ3) is 5.73. The van der Waals surface area contributed by atoms with Crippen molar-refractivity contribution < 1.29 is 19.1 Å². The Balaban J connectivity index is 1.55. The molecule has 0 aliphatic carbocycles. The molecule has 1 aromatic heterocycles. The van der Waals surface area contributed by atoms with Gasteiger partial charge in [0.25, 0.3) is 5.91 Å². The zero-order valence-electron chi connectivity index (χ0n) is 17.5. The molecule has 1 amide bonds. The molecule has 1 heterocycles. The summed E-state index contributed by atoms with van der Waals surface area (Å²) in [7, 11) is 0. The number of amides is 1. The number of ether oxygens (including phenoxy) is 2. The predicted molar refractivity (Wildman–Crippen MR) is 124 cm³/mol. The Kier molecular flexibility index (Phi) is 7.66. The maximum atomic E-state index is 12.3. The monoisotopic (exact) mass is 495 g/mol. The minimum Gasteiger partial charge on any atom is -0.480 e. The maximum Gasteiger partial charge on any atom is 0.344 e. The van der Waals surface area contributed by atoms with E-state index in [9.17, 15) is 9.59 Å². The number of nitrogens with zero attached hydrogens (tertiary/aromatic N) is 2. The van der Waals surface area contributed by atoms with Crippen LogP contribution in [0.4, 0.5) is 5.69 Å². The second-order valence-electron chi connectivity index (χ2n) is 6.99. The summed E-state index contributed by atoms with van der Waals surface area (Å²) in [6.07, 6.45) is 0. The third-order valence-corrected chi connectivity index (χ3v) is 5.54. The summed E-state index contributed by atoms with van der Waals surface area (Å²) in [5, 5.41) is 7.91. The van der Waals surface area contributed by atoms with Gasteiger partial charge in [0.1, 0.15) is 5.75 Å². The average Bonchev–Trinajstić information content (AvgIpc) is 3.02. The zero-order chi connectivity index (χ0) is 23.4. The Bertz CT molecular complexity index is 1160. The van der Waals surface area contributed by atoms with Crippen LogP contribution in [0.5, 0.6) is 5.75 Å². The molecule has 32 heavy (non-hydrogen) atoms. The highest BCUT2D eigenvalue weighted by Crippen LogP contribution is 2.33. The van der Waals surface area contributed by atoms with Crippen molar-refractivity contribution in [1.82, 2.24) is 9.78 Å². The Morgan fingerprint density at radius 2 is 1.62 bits per heavy atom. The molecule has 0 radical (unpaired) electrons. The van der Waals surface area contributed by atoms with Crippen LogP contribution in [0, 0.1) is 20.8 Å². The standard InChI is InChI=1S/C22H20Cl3N3O4/c1-12-4-6-15(7-5-12)28-14(3)22(13(2)27-28)26-20(29)10-32-21(30)11-31-19-9-17(24)16(23)8-18(19)25/h4-9H,10-11H2,1-3H3,(H,26,29). The van der Waals surface area contributed by atoms with E-state index >= 15 is 0 Å². The predicted octanol–water partition coefficient (Wildman–Crippen LogP) is 5.32. The van der Waals surface area contributed by atoms with Gasteiger partial charge in [-0.1, -0.05) is 52.5 Å². The van der Waals surface area contributed by atoms with Crippen molar-refractivity contribution in [2.24, 2.45) is 0 Å². The Hall–Kier alpha value is -2.74. The van der Waals surface area contributed by atoms with E-state index in [2.05, 4.69) is 10.4 Å². The van der Waals surface area contributed by atoms with Gasteiger partial charge in [-0.15, -0.1) is 0 Å². The number of rotatable bonds is 7. The normalized spacial score (nSPS) is 10.7. The van der Waals surface area contributed by atoms with Crippen LogP contribution in [0.1, 0.15) is 17.0 Å². The van der Waals surface area contributed by atoms with Crippen molar-refractivity contribution >= 4 is 52.4 Å². The molecule has 0 saturated heterocycles. The van der Waals surface area contributed by atoms with Crippen LogP contribution >= 0.6 is 34.8 Å². The summed E-state index contributed by atoms with van der Waals surface area (Å²) in [4.78, 5) is 24.2. The summed E-state index contributed by atoms with van der Waals surface area (Å²) >= 11 is 17.8. The van der Waals surface area contributed by atoms with Gasteiger partial charge in [-0.25, -0.2) is 9.48 Å². The van der Waals surface area contributed by atoms with Crippen LogP contribution in [0.2, 0.25) is 15.1 Å². The van der Waals surface area contributed by atoms with Crippen molar-refractivity contribution in [1.29, 1.82) is 0 Å². The molecule has 0 aliphatic heterocycles. The maximum absolute atomic E-state index is 12.3. The van der Waals surface area contributed by atoms with Crippen molar-refractivity contribution in [2.45, 2.75) is 20.8 Å². The number of benzene rings is 2. The number of hydrogen-bond donors (Lipinski definition) is 1. The van der Waals surface area contributed by atoms with Crippen LogP contribution in [-0.4, -0.2) is 34.9 Å². The van der Waals surface area contributed by atoms with E-state index in [1.165, 1.54) is 12.1 Å². The highest BCUT2D eigenvalue weighted by atomic mass is 35.5. The van der Waals surface area contributed by atoms with E-state index in [1.807, 2.05) is 38.1 Å². The molecule has 3 aromatic rings. The van der Waals surface area contributed by atoms with Gasteiger partial charge < -0.3 is 14.8 Å².